The van der Waals surface area contributed by atoms with Crippen molar-refractivity contribution in [2.24, 2.45) is 5.11 Å². The first-order chi connectivity index (χ1) is 7.24. The molecule has 0 saturated carbocycles. The first kappa shape index (κ1) is 9.11. The number of benzene rings is 1. The second-order valence-corrected chi connectivity index (χ2v) is 2.89. The van der Waals surface area contributed by atoms with E-state index in [2.05, 4.69) is 15.0 Å². The summed E-state index contributed by atoms with van der Waals surface area (Å²) in [6, 6.07) is 6.93. The smallest absolute Gasteiger partial charge is 0.352 e. The van der Waals surface area contributed by atoms with Crippen molar-refractivity contribution in [3.05, 3.63) is 40.4 Å². The quantitative estimate of drug-likeness (QED) is 0.444. The lowest BCUT2D eigenvalue weighted by Gasteiger charge is -1.90. The normalized spacial score (nSPS) is 9.87. The number of aromatic nitrogens is 1. The molecule has 1 aromatic heterocycles. The molecule has 0 aliphatic rings. The molecular weight excluding hydrogens is 196 g/mol. The van der Waals surface area contributed by atoms with Crippen LogP contribution in [0.25, 0.3) is 21.3 Å². The number of rotatable bonds is 2. The Hall–Kier alpha value is -2.46. The van der Waals surface area contributed by atoms with Crippen LogP contribution in [0.1, 0.15) is 10.5 Å². The van der Waals surface area contributed by atoms with E-state index in [0.29, 0.717) is 10.9 Å². The lowest BCUT2D eigenvalue weighted by molar-refractivity contribution is 0.0692. The van der Waals surface area contributed by atoms with Gasteiger partial charge >= 0.3 is 5.97 Å². The molecule has 6 nitrogen and oxygen atoms in total. The van der Waals surface area contributed by atoms with Gasteiger partial charge < -0.3 is 10.1 Å². The number of para-hydroxylation sites is 1. The molecule has 2 N–H and O–H groups in total. The minimum absolute atomic E-state index is 0.0889. The van der Waals surface area contributed by atoms with Crippen LogP contribution >= 0.6 is 0 Å². The van der Waals surface area contributed by atoms with Crippen LogP contribution < -0.4 is 0 Å². The largest absolute Gasteiger partial charge is 0.477 e. The van der Waals surface area contributed by atoms with Gasteiger partial charge in [-0.3, -0.25) is 0 Å². The monoisotopic (exact) mass is 202 g/mol. The van der Waals surface area contributed by atoms with Crippen LogP contribution in [0.5, 0.6) is 0 Å². The van der Waals surface area contributed by atoms with Crippen LogP contribution in [0.3, 0.4) is 0 Å². The van der Waals surface area contributed by atoms with Crippen LogP contribution in [0.4, 0.5) is 5.69 Å². The highest BCUT2D eigenvalue weighted by molar-refractivity contribution is 6.04. The van der Waals surface area contributed by atoms with Crippen molar-refractivity contribution in [2.45, 2.75) is 0 Å². The number of hydrogen-bond acceptors (Lipinski definition) is 2. The van der Waals surface area contributed by atoms with E-state index >= 15 is 0 Å². The average Bonchev–Trinajstić information content (AvgIpc) is 2.58. The number of carbonyl (C=O) groups is 1. The Labute approximate surface area is 83.8 Å². The van der Waals surface area contributed by atoms with E-state index < -0.39 is 5.97 Å². The lowest BCUT2D eigenvalue weighted by Crippen LogP contribution is -1.95. The average molecular weight is 202 g/mol. The van der Waals surface area contributed by atoms with Gasteiger partial charge in [0.1, 0.15) is 5.69 Å². The molecule has 0 fully saturated rings. The zero-order chi connectivity index (χ0) is 10.8. The highest BCUT2D eigenvalue weighted by Gasteiger charge is 2.14. The Balaban J connectivity index is 2.85. The van der Waals surface area contributed by atoms with Crippen molar-refractivity contribution < 1.29 is 9.90 Å². The number of aromatic carboxylic acids is 1. The first-order valence-corrected chi connectivity index (χ1v) is 4.13. The third kappa shape index (κ3) is 1.38. The van der Waals surface area contributed by atoms with Crippen molar-refractivity contribution in [1.29, 1.82) is 0 Å². The minimum atomic E-state index is -1.14. The molecule has 6 heteroatoms. The molecule has 0 spiro atoms. The molecular formula is C9H6N4O2. The van der Waals surface area contributed by atoms with Crippen molar-refractivity contribution in [1.82, 2.24) is 4.98 Å². The standard InChI is InChI=1S/C9H6N4O2/c10-13-12-7-5-3-1-2-4-6(5)11-8(7)9(14)15/h1-4,11H,(H,14,15). The molecule has 0 saturated heterocycles. The zero-order valence-electron chi connectivity index (χ0n) is 7.51. The Morgan fingerprint density at radius 2 is 2.20 bits per heavy atom. The van der Waals surface area contributed by atoms with E-state index in [0.717, 1.165) is 0 Å². The number of azide groups is 1. The molecule has 0 aliphatic carbocycles. The van der Waals surface area contributed by atoms with Crippen LogP contribution in [0.2, 0.25) is 0 Å². The van der Waals surface area contributed by atoms with Crippen LogP contribution in [-0.4, -0.2) is 16.1 Å². The molecule has 1 aromatic carbocycles. The third-order valence-corrected chi connectivity index (χ3v) is 2.04. The van der Waals surface area contributed by atoms with Gasteiger partial charge in [-0.25, -0.2) is 4.79 Å². The SMILES string of the molecule is [N-]=[N+]=Nc1c(C(=O)O)[nH]c2ccccc12. The van der Waals surface area contributed by atoms with E-state index in [-0.39, 0.29) is 11.4 Å². The first-order valence-electron chi connectivity index (χ1n) is 4.13. The zero-order valence-corrected chi connectivity index (χ0v) is 7.51. The number of carboxylic acid groups (broad SMARTS) is 1. The van der Waals surface area contributed by atoms with Gasteiger partial charge in [0.25, 0.3) is 0 Å². The Kier molecular flexibility index (Phi) is 2.04. The van der Waals surface area contributed by atoms with Crippen LogP contribution in [0, 0.1) is 0 Å². The molecule has 0 aliphatic heterocycles. The van der Waals surface area contributed by atoms with E-state index in [9.17, 15) is 4.79 Å². The molecule has 15 heavy (non-hydrogen) atoms. The van der Waals surface area contributed by atoms with Crippen molar-refractivity contribution in [3.63, 3.8) is 0 Å². The molecule has 0 atom stereocenters. The van der Waals surface area contributed by atoms with E-state index in [1.165, 1.54) is 0 Å². The Morgan fingerprint density at radius 3 is 2.87 bits per heavy atom. The van der Waals surface area contributed by atoms with Crippen molar-refractivity contribution in [3.8, 4) is 0 Å². The fourth-order valence-electron chi connectivity index (χ4n) is 1.43. The maximum Gasteiger partial charge on any atom is 0.352 e. The lowest BCUT2D eigenvalue weighted by atomic mass is 10.2. The van der Waals surface area contributed by atoms with E-state index in [4.69, 9.17) is 10.6 Å². The maximum atomic E-state index is 10.9. The van der Waals surface area contributed by atoms with E-state index in [1.807, 2.05) is 0 Å². The number of fused-ring (bicyclic) bond motifs is 1. The Morgan fingerprint density at radius 1 is 1.47 bits per heavy atom. The van der Waals surface area contributed by atoms with Gasteiger partial charge in [0.05, 0.1) is 5.69 Å². The van der Waals surface area contributed by atoms with Gasteiger partial charge in [-0.15, -0.1) is 0 Å². The maximum absolute atomic E-state index is 10.9. The molecule has 0 bridgehead atoms. The van der Waals surface area contributed by atoms with Gasteiger partial charge in [-0.1, -0.05) is 23.3 Å². The number of aromatic amines is 1. The predicted octanol–water partition coefficient (Wildman–Crippen LogP) is 2.81. The van der Waals surface area contributed by atoms with Crippen molar-refractivity contribution in [2.75, 3.05) is 0 Å². The minimum Gasteiger partial charge on any atom is -0.477 e. The van der Waals surface area contributed by atoms with Gasteiger partial charge in [0.2, 0.25) is 0 Å². The van der Waals surface area contributed by atoms with Crippen molar-refractivity contribution >= 4 is 22.6 Å². The van der Waals surface area contributed by atoms with Gasteiger partial charge in [-0.05, 0) is 11.6 Å². The highest BCUT2D eigenvalue weighted by Crippen LogP contribution is 2.30. The van der Waals surface area contributed by atoms with Crippen LogP contribution in [-0.2, 0) is 0 Å². The summed E-state index contributed by atoms with van der Waals surface area (Å²) in [6.07, 6.45) is 0. The molecule has 74 valence electrons. The summed E-state index contributed by atoms with van der Waals surface area (Å²) >= 11 is 0. The topological polar surface area (TPSA) is 102 Å². The molecule has 0 amide bonds. The predicted molar refractivity (Wildman–Crippen MR) is 54.1 cm³/mol. The van der Waals surface area contributed by atoms with Gasteiger partial charge in [0.15, 0.2) is 0 Å². The molecule has 0 radical (unpaired) electrons. The summed E-state index contributed by atoms with van der Waals surface area (Å²) in [5, 5.41) is 12.9. The van der Waals surface area contributed by atoms with Gasteiger partial charge in [-0.2, -0.15) is 0 Å². The van der Waals surface area contributed by atoms with Crippen LogP contribution in [0.15, 0.2) is 29.4 Å². The number of nitrogens with one attached hydrogen (secondary N) is 1. The number of carboxylic acids is 1. The summed E-state index contributed by atoms with van der Waals surface area (Å²) in [6.45, 7) is 0. The van der Waals surface area contributed by atoms with E-state index in [1.54, 1.807) is 24.3 Å². The number of hydrogen-bond donors (Lipinski definition) is 2. The summed E-state index contributed by atoms with van der Waals surface area (Å²) in [4.78, 5) is 16.1. The molecule has 2 rings (SSSR count). The number of H-pyrrole nitrogens is 1. The second kappa shape index (κ2) is 3.36. The summed E-state index contributed by atoms with van der Waals surface area (Å²) < 4.78 is 0. The summed E-state index contributed by atoms with van der Waals surface area (Å²) in [5.41, 5.74) is 9.03. The molecule has 1 heterocycles. The fourth-order valence-corrected chi connectivity index (χ4v) is 1.43. The number of nitrogens with zero attached hydrogens (tertiary/aromatic N) is 3. The molecule has 0 unspecified atom stereocenters. The summed E-state index contributed by atoms with van der Waals surface area (Å²) in [7, 11) is 0. The van der Waals surface area contributed by atoms with Gasteiger partial charge in [0, 0.05) is 15.8 Å². The second-order valence-electron chi connectivity index (χ2n) is 2.89. The third-order valence-electron chi connectivity index (χ3n) is 2.04. The molecule has 2 aromatic rings. The highest BCUT2D eigenvalue weighted by atomic mass is 16.4. The fraction of sp³-hybridized carbons (Fsp3) is 0. The Bertz CT molecular complexity index is 581. The summed E-state index contributed by atoms with van der Waals surface area (Å²) in [5.74, 6) is -1.14.